The van der Waals surface area contributed by atoms with Gasteiger partial charge in [0, 0.05) is 12.5 Å². The van der Waals surface area contributed by atoms with Gasteiger partial charge in [-0.3, -0.25) is 14.8 Å². The van der Waals surface area contributed by atoms with E-state index in [2.05, 4.69) is 15.5 Å². The van der Waals surface area contributed by atoms with Crippen LogP contribution in [0.25, 0.3) is 0 Å². The van der Waals surface area contributed by atoms with Gasteiger partial charge in [0.15, 0.2) is 0 Å². The first-order valence-electron chi connectivity index (χ1n) is 7.85. The maximum Gasteiger partial charge on any atom is 0.410 e. The van der Waals surface area contributed by atoms with Gasteiger partial charge in [0.2, 0.25) is 5.91 Å². The van der Waals surface area contributed by atoms with Crippen molar-refractivity contribution in [1.82, 2.24) is 20.4 Å². The van der Waals surface area contributed by atoms with Crippen LogP contribution in [-0.2, 0) is 16.1 Å². The van der Waals surface area contributed by atoms with Crippen LogP contribution in [0.3, 0.4) is 0 Å². The summed E-state index contributed by atoms with van der Waals surface area (Å²) in [6.07, 6.45) is 4.50. The minimum atomic E-state index is -0.438. The Labute approximate surface area is 129 Å². The topological polar surface area (TPSA) is 87.3 Å². The van der Waals surface area contributed by atoms with Crippen LogP contribution < -0.4 is 5.32 Å². The maximum absolute atomic E-state index is 12.4. The average molecular weight is 306 g/mol. The standard InChI is InChI=1S/C15H22N4O3/c1-22-15(21)19-7-3-2-4-13(19)14(20)16-9-11-8-12(18-17-11)10-5-6-10/h8,10,13H,2-7,9H2,1H3,(H,16,20)(H,17,18)/t13-/m0/s1. The van der Waals surface area contributed by atoms with E-state index in [4.69, 9.17) is 4.74 Å². The van der Waals surface area contributed by atoms with Crippen LogP contribution >= 0.6 is 0 Å². The second-order valence-corrected chi connectivity index (χ2v) is 5.99. The van der Waals surface area contributed by atoms with Gasteiger partial charge in [0.05, 0.1) is 25.0 Å². The molecule has 0 spiro atoms. The van der Waals surface area contributed by atoms with Crippen molar-refractivity contribution in [2.75, 3.05) is 13.7 Å². The third-order valence-electron chi connectivity index (χ3n) is 4.31. The van der Waals surface area contributed by atoms with Crippen LogP contribution in [0.15, 0.2) is 6.07 Å². The van der Waals surface area contributed by atoms with Crippen molar-refractivity contribution in [2.45, 2.75) is 50.6 Å². The molecule has 7 heteroatoms. The summed E-state index contributed by atoms with van der Waals surface area (Å²) >= 11 is 0. The number of hydrogen-bond donors (Lipinski definition) is 2. The van der Waals surface area contributed by atoms with Crippen LogP contribution in [0, 0.1) is 0 Å². The predicted molar refractivity (Wildman–Crippen MR) is 79.2 cm³/mol. The number of carbonyl (C=O) groups excluding carboxylic acids is 2. The number of nitrogens with one attached hydrogen (secondary N) is 2. The molecule has 120 valence electrons. The van der Waals surface area contributed by atoms with Gasteiger partial charge in [0.1, 0.15) is 6.04 Å². The van der Waals surface area contributed by atoms with Gasteiger partial charge in [-0.05, 0) is 38.2 Å². The minimum absolute atomic E-state index is 0.132. The Hall–Kier alpha value is -2.05. The Balaban J connectivity index is 1.56. The van der Waals surface area contributed by atoms with Crippen molar-refractivity contribution in [2.24, 2.45) is 0 Å². The lowest BCUT2D eigenvalue weighted by molar-refractivity contribution is -0.127. The van der Waals surface area contributed by atoms with E-state index in [-0.39, 0.29) is 5.91 Å². The average Bonchev–Trinajstić information content (AvgIpc) is 3.30. The van der Waals surface area contributed by atoms with Gasteiger partial charge in [-0.15, -0.1) is 0 Å². The summed E-state index contributed by atoms with van der Waals surface area (Å²) in [5.74, 6) is 0.460. The number of aromatic nitrogens is 2. The number of rotatable bonds is 4. The second-order valence-electron chi connectivity index (χ2n) is 5.99. The molecule has 1 aromatic heterocycles. The first-order valence-corrected chi connectivity index (χ1v) is 7.85. The molecule has 2 N–H and O–H groups in total. The zero-order valence-electron chi connectivity index (χ0n) is 12.8. The fourth-order valence-electron chi connectivity index (χ4n) is 2.90. The van der Waals surface area contributed by atoms with E-state index >= 15 is 0 Å². The van der Waals surface area contributed by atoms with Crippen LogP contribution in [0.2, 0.25) is 0 Å². The highest BCUT2D eigenvalue weighted by Crippen LogP contribution is 2.38. The normalized spacial score (nSPS) is 21.5. The molecule has 1 aromatic rings. The Morgan fingerprint density at radius 2 is 2.23 bits per heavy atom. The molecule has 0 bridgehead atoms. The Bertz CT molecular complexity index is 553. The second kappa shape index (κ2) is 6.37. The van der Waals surface area contributed by atoms with E-state index in [9.17, 15) is 9.59 Å². The monoisotopic (exact) mass is 306 g/mol. The number of likely N-dealkylation sites (tertiary alicyclic amines) is 1. The van der Waals surface area contributed by atoms with Crippen molar-refractivity contribution in [3.8, 4) is 0 Å². The van der Waals surface area contributed by atoms with Crippen LogP contribution in [0.1, 0.15) is 49.4 Å². The van der Waals surface area contributed by atoms with E-state index in [0.29, 0.717) is 25.4 Å². The Morgan fingerprint density at radius 1 is 1.41 bits per heavy atom. The third kappa shape index (κ3) is 3.23. The number of ether oxygens (including phenoxy) is 1. The highest BCUT2D eigenvalue weighted by molar-refractivity contribution is 5.85. The van der Waals surface area contributed by atoms with E-state index in [1.165, 1.54) is 24.9 Å². The molecule has 1 atom stereocenters. The highest BCUT2D eigenvalue weighted by Gasteiger charge is 2.32. The molecule has 0 unspecified atom stereocenters. The van der Waals surface area contributed by atoms with Gasteiger partial charge in [0.25, 0.3) is 0 Å². The van der Waals surface area contributed by atoms with Gasteiger partial charge in [-0.25, -0.2) is 4.79 Å². The summed E-state index contributed by atoms with van der Waals surface area (Å²) in [4.78, 5) is 25.6. The summed E-state index contributed by atoms with van der Waals surface area (Å²) in [5.41, 5.74) is 1.98. The molecular weight excluding hydrogens is 284 g/mol. The fraction of sp³-hybridized carbons (Fsp3) is 0.667. The fourth-order valence-corrected chi connectivity index (χ4v) is 2.90. The molecular formula is C15H22N4O3. The molecule has 22 heavy (non-hydrogen) atoms. The maximum atomic E-state index is 12.4. The summed E-state index contributed by atoms with van der Waals surface area (Å²) in [6, 6.07) is 1.57. The van der Waals surface area contributed by atoms with Crippen molar-refractivity contribution >= 4 is 12.0 Å². The summed E-state index contributed by atoms with van der Waals surface area (Å²) in [5, 5.41) is 10.1. The van der Waals surface area contributed by atoms with Crippen LogP contribution in [0.4, 0.5) is 4.79 Å². The zero-order chi connectivity index (χ0) is 15.5. The number of nitrogens with zero attached hydrogens (tertiary/aromatic N) is 2. The number of piperidine rings is 1. The third-order valence-corrected chi connectivity index (χ3v) is 4.31. The lowest BCUT2D eigenvalue weighted by atomic mass is 10.0. The summed E-state index contributed by atoms with van der Waals surface area (Å²) in [7, 11) is 1.34. The molecule has 7 nitrogen and oxygen atoms in total. The van der Waals surface area contributed by atoms with Crippen molar-refractivity contribution in [1.29, 1.82) is 0 Å². The molecule has 1 aliphatic heterocycles. The number of carbonyl (C=O) groups is 2. The summed E-state index contributed by atoms with van der Waals surface area (Å²) in [6.45, 7) is 0.977. The quantitative estimate of drug-likeness (QED) is 0.883. The van der Waals surface area contributed by atoms with Crippen molar-refractivity contribution < 1.29 is 14.3 Å². The first-order chi connectivity index (χ1) is 10.7. The molecule has 0 radical (unpaired) electrons. The number of aromatic amines is 1. The SMILES string of the molecule is COC(=O)N1CCCC[C@H]1C(=O)NCc1cc(C2CC2)n[nH]1. The first kappa shape index (κ1) is 14.9. The van der Waals surface area contributed by atoms with E-state index in [1.807, 2.05) is 6.07 Å². The number of hydrogen-bond acceptors (Lipinski definition) is 4. The van der Waals surface area contributed by atoms with E-state index < -0.39 is 12.1 Å². The predicted octanol–water partition coefficient (Wildman–Crippen LogP) is 1.52. The lowest BCUT2D eigenvalue weighted by Gasteiger charge is -2.33. The van der Waals surface area contributed by atoms with Crippen LogP contribution in [0.5, 0.6) is 0 Å². The van der Waals surface area contributed by atoms with Gasteiger partial charge >= 0.3 is 6.09 Å². The molecule has 1 saturated heterocycles. The molecule has 0 aromatic carbocycles. The van der Waals surface area contributed by atoms with Gasteiger partial charge in [-0.1, -0.05) is 0 Å². The van der Waals surface area contributed by atoms with E-state index in [1.54, 1.807) is 0 Å². The largest absolute Gasteiger partial charge is 0.453 e. The number of methoxy groups -OCH3 is 1. The Kier molecular flexibility index (Phi) is 4.31. The highest BCUT2D eigenvalue weighted by atomic mass is 16.5. The zero-order valence-corrected chi connectivity index (χ0v) is 12.8. The van der Waals surface area contributed by atoms with Gasteiger partial charge < -0.3 is 10.1 Å². The minimum Gasteiger partial charge on any atom is -0.453 e. The van der Waals surface area contributed by atoms with Crippen molar-refractivity contribution in [3.05, 3.63) is 17.5 Å². The summed E-state index contributed by atoms with van der Waals surface area (Å²) < 4.78 is 4.76. The Morgan fingerprint density at radius 3 is 2.95 bits per heavy atom. The smallest absolute Gasteiger partial charge is 0.410 e. The van der Waals surface area contributed by atoms with Gasteiger partial charge in [-0.2, -0.15) is 5.10 Å². The molecule has 2 heterocycles. The lowest BCUT2D eigenvalue weighted by Crippen LogP contribution is -2.51. The molecule has 3 rings (SSSR count). The molecule has 1 saturated carbocycles. The number of H-pyrrole nitrogens is 1. The van der Waals surface area contributed by atoms with Crippen LogP contribution in [-0.4, -0.2) is 46.8 Å². The van der Waals surface area contributed by atoms with Crippen molar-refractivity contribution in [3.63, 3.8) is 0 Å². The molecule has 2 fully saturated rings. The molecule has 2 amide bonds. The number of amides is 2. The molecule has 2 aliphatic rings. The van der Waals surface area contributed by atoms with E-state index in [0.717, 1.165) is 24.2 Å². The molecule has 1 aliphatic carbocycles.